The molecule has 2 aromatic rings. The third-order valence-electron chi connectivity index (χ3n) is 2.97. The zero-order valence-corrected chi connectivity index (χ0v) is 11.2. The Balaban J connectivity index is 2.33. The SMILES string of the molecule is COc1cccc(C#N)c1NC(C)c1nccn1C. The summed E-state index contributed by atoms with van der Waals surface area (Å²) in [4.78, 5) is 4.30. The molecular weight excluding hydrogens is 240 g/mol. The Hall–Kier alpha value is -2.48. The first-order valence-electron chi connectivity index (χ1n) is 5.98. The molecule has 0 radical (unpaired) electrons. The van der Waals surface area contributed by atoms with E-state index in [1.54, 1.807) is 25.4 Å². The Morgan fingerprint density at radius 1 is 1.47 bits per heavy atom. The molecule has 5 heteroatoms. The molecule has 1 heterocycles. The molecule has 0 fully saturated rings. The zero-order valence-electron chi connectivity index (χ0n) is 11.2. The van der Waals surface area contributed by atoms with Gasteiger partial charge >= 0.3 is 0 Å². The smallest absolute Gasteiger partial charge is 0.143 e. The van der Waals surface area contributed by atoms with Crippen molar-refractivity contribution in [1.29, 1.82) is 5.26 Å². The molecule has 0 saturated heterocycles. The quantitative estimate of drug-likeness (QED) is 0.912. The zero-order chi connectivity index (χ0) is 13.8. The van der Waals surface area contributed by atoms with Crippen LogP contribution in [0, 0.1) is 11.3 Å². The highest BCUT2D eigenvalue weighted by molar-refractivity contribution is 5.66. The van der Waals surface area contributed by atoms with E-state index in [-0.39, 0.29) is 6.04 Å². The Kier molecular flexibility index (Phi) is 3.71. The van der Waals surface area contributed by atoms with Crippen molar-refractivity contribution in [2.45, 2.75) is 13.0 Å². The predicted molar refractivity (Wildman–Crippen MR) is 73.0 cm³/mol. The van der Waals surface area contributed by atoms with Crippen molar-refractivity contribution < 1.29 is 4.74 Å². The highest BCUT2D eigenvalue weighted by atomic mass is 16.5. The molecule has 1 unspecified atom stereocenters. The largest absolute Gasteiger partial charge is 0.495 e. The molecule has 0 aliphatic heterocycles. The standard InChI is InChI=1S/C14H16N4O/c1-10(14-16-7-8-18(14)2)17-13-11(9-15)5-4-6-12(13)19-3/h4-8,10,17H,1-3H3. The van der Waals surface area contributed by atoms with E-state index in [0.717, 1.165) is 5.82 Å². The van der Waals surface area contributed by atoms with E-state index in [1.807, 2.05) is 30.8 Å². The number of aromatic nitrogens is 2. The second kappa shape index (κ2) is 5.44. The number of benzene rings is 1. The van der Waals surface area contributed by atoms with Gasteiger partial charge in [-0.3, -0.25) is 0 Å². The molecule has 0 bridgehead atoms. The van der Waals surface area contributed by atoms with Gasteiger partial charge in [0, 0.05) is 19.4 Å². The van der Waals surface area contributed by atoms with Gasteiger partial charge in [0.05, 0.1) is 24.4 Å². The fraction of sp³-hybridized carbons (Fsp3) is 0.286. The monoisotopic (exact) mass is 256 g/mol. The number of aryl methyl sites for hydroxylation is 1. The number of anilines is 1. The van der Waals surface area contributed by atoms with Gasteiger partial charge in [0.25, 0.3) is 0 Å². The lowest BCUT2D eigenvalue weighted by atomic mass is 10.1. The van der Waals surface area contributed by atoms with E-state index in [9.17, 15) is 5.26 Å². The summed E-state index contributed by atoms with van der Waals surface area (Å²) in [6.07, 6.45) is 3.64. The minimum Gasteiger partial charge on any atom is -0.495 e. The number of methoxy groups -OCH3 is 1. The maximum atomic E-state index is 9.17. The van der Waals surface area contributed by atoms with Crippen LogP contribution >= 0.6 is 0 Å². The topological polar surface area (TPSA) is 62.9 Å². The van der Waals surface area contributed by atoms with Gasteiger partial charge < -0.3 is 14.6 Å². The van der Waals surface area contributed by atoms with Crippen LogP contribution in [0.4, 0.5) is 5.69 Å². The van der Waals surface area contributed by atoms with Gasteiger partial charge in [-0.05, 0) is 19.1 Å². The highest BCUT2D eigenvalue weighted by Crippen LogP contribution is 2.30. The van der Waals surface area contributed by atoms with E-state index in [1.165, 1.54) is 0 Å². The summed E-state index contributed by atoms with van der Waals surface area (Å²) in [5.41, 5.74) is 1.25. The van der Waals surface area contributed by atoms with Crippen LogP contribution in [0.1, 0.15) is 24.4 Å². The van der Waals surface area contributed by atoms with Gasteiger partial charge in [-0.2, -0.15) is 5.26 Å². The number of rotatable bonds is 4. The Morgan fingerprint density at radius 3 is 2.84 bits per heavy atom. The number of hydrogen-bond donors (Lipinski definition) is 1. The van der Waals surface area contributed by atoms with Crippen LogP contribution in [-0.2, 0) is 7.05 Å². The summed E-state index contributed by atoms with van der Waals surface area (Å²) in [5, 5.41) is 12.5. The molecule has 1 N–H and O–H groups in total. The van der Waals surface area contributed by atoms with E-state index in [4.69, 9.17) is 4.74 Å². The lowest BCUT2D eigenvalue weighted by Crippen LogP contribution is -2.13. The van der Waals surface area contributed by atoms with Crippen LogP contribution in [0.3, 0.4) is 0 Å². The van der Waals surface area contributed by atoms with Crippen LogP contribution in [0.2, 0.25) is 0 Å². The number of nitrogens with zero attached hydrogens (tertiary/aromatic N) is 3. The third-order valence-corrected chi connectivity index (χ3v) is 2.97. The lowest BCUT2D eigenvalue weighted by Gasteiger charge is -2.18. The molecular formula is C14H16N4O. The number of nitriles is 1. The van der Waals surface area contributed by atoms with Crippen LogP contribution < -0.4 is 10.1 Å². The summed E-state index contributed by atoms with van der Waals surface area (Å²) in [5.74, 6) is 1.55. The number of para-hydroxylation sites is 1. The Bertz CT molecular complexity index is 612. The van der Waals surface area contributed by atoms with Crippen molar-refractivity contribution in [3.05, 3.63) is 42.0 Å². The summed E-state index contributed by atoms with van der Waals surface area (Å²) >= 11 is 0. The van der Waals surface area contributed by atoms with E-state index >= 15 is 0 Å². The first-order valence-corrected chi connectivity index (χ1v) is 5.98. The van der Waals surface area contributed by atoms with Crippen molar-refractivity contribution >= 4 is 5.69 Å². The molecule has 5 nitrogen and oxygen atoms in total. The molecule has 19 heavy (non-hydrogen) atoms. The number of nitrogens with one attached hydrogen (secondary N) is 1. The van der Waals surface area contributed by atoms with Gasteiger partial charge in [0.1, 0.15) is 17.6 Å². The molecule has 0 amide bonds. The number of ether oxygens (including phenoxy) is 1. The summed E-state index contributed by atoms with van der Waals surface area (Å²) < 4.78 is 7.24. The molecule has 98 valence electrons. The summed E-state index contributed by atoms with van der Waals surface area (Å²) in [6.45, 7) is 2.00. The minimum absolute atomic E-state index is 0.0246. The molecule has 1 aromatic carbocycles. The summed E-state index contributed by atoms with van der Waals surface area (Å²) in [6, 6.07) is 7.53. The maximum absolute atomic E-state index is 9.17. The number of hydrogen-bond acceptors (Lipinski definition) is 4. The third kappa shape index (κ3) is 2.52. The van der Waals surface area contributed by atoms with Gasteiger partial charge in [0.15, 0.2) is 0 Å². The molecule has 1 atom stereocenters. The summed E-state index contributed by atoms with van der Waals surface area (Å²) in [7, 11) is 3.53. The highest BCUT2D eigenvalue weighted by Gasteiger charge is 2.15. The van der Waals surface area contributed by atoms with Crippen molar-refractivity contribution in [1.82, 2.24) is 9.55 Å². The predicted octanol–water partition coefficient (Wildman–Crippen LogP) is 2.47. The van der Waals surface area contributed by atoms with Crippen molar-refractivity contribution in [3.8, 4) is 11.8 Å². The molecule has 0 aliphatic carbocycles. The second-order valence-electron chi connectivity index (χ2n) is 4.26. The molecule has 0 saturated carbocycles. The Morgan fingerprint density at radius 2 is 2.26 bits per heavy atom. The molecule has 2 rings (SSSR count). The Labute approximate surface area is 112 Å². The van der Waals surface area contributed by atoms with Crippen LogP contribution in [0.25, 0.3) is 0 Å². The van der Waals surface area contributed by atoms with Gasteiger partial charge in [-0.15, -0.1) is 0 Å². The van der Waals surface area contributed by atoms with Crippen LogP contribution in [0.5, 0.6) is 5.75 Å². The maximum Gasteiger partial charge on any atom is 0.143 e. The fourth-order valence-corrected chi connectivity index (χ4v) is 2.02. The normalized spacial score (nSPS) is 11.7. The van der Waals surface area contributed by atoms with Crippen molar-refractivity contribution in [2.75, 3.05) is 12.4 Å². The molecule has 0 aliphatic rings. The number of imidazole rings is 1. The fourth-order valence-electron chi connectivity index (χ4n) is 2.02. The van der Waals surface area contributed by atoms with Crippen molar-refractivity contribution in [2.24, 2.45) is 7.05 Å². The second-order valence-corrected chi connectivity index (χ2v) is 4.26. The average Bonchev–Trinajstić information content (AvgIpc) is 2.85. The van der Waals surface area contributed by atoms with Gasteiger partial charge in [0.2, 0.25) is 0 Å². The first kappa shape index (κ1) is 13.0. The van der Waals surface area contributed by atoms with Crippen molar-refractivity contribution in [3.63, 3.8) is 0 Å². The lowest BCUT2D eigenvalue weighted by molar-refractivity contribution is 0.416. The first-order chi connectivity index (χ1) is 9.17. The van der Waals surface area contributed by atoms with E-state index in [2.05, 4.69) is 16.4 Å². The van der Waals surface area contributed by atoms with Gasteiger partial charge in [-0.1, -0.05) is 6.07 Å². The van der Waals surface area contributed by atoms with Crippen LogP contribution in [0.15, 0.2) is 30.6 Å². The van der Waals surface area contributed by atoms with E-state index in [0.29, 0.717) is 17.0 Å². The van der Waals surface area contributed by atoms with E-state index < -0.39 is 0 Å². The average molecular weight is 256 g/mol. The van der Waals surface area contributed by atoms with Gasteiger partial charge in [-0.25, -0.2) is 4.98 Å². The molecule has 0 spiro atoms. The molecule has 1 aromatic heterocycles. The van der Waals surface area contributed by atoms with Crippen LogP contribution in [-0.4, -0.2) is 16.7 Å². The minimum atomic E-state index is -0.0246.